The van der Waals surface area contributed by atoms with Crippen LogP contribution in [0.25, 0.3) is 0 Å². The number of carbonyl (C=O) groups excluding carboxylic acids is 17. The SMILES string of the molecule is CC(=O)NC1C(OCCCCC(=O)NCCN(CCNC(=O)CCCCOC2OC(COC(C)=O)C(OC(C)=O)C(OC(C)=O)C2NC(C)=O)C(=O)CC[C@H](NC(=O)CCCCOC2OC(COC(C)=O)C(OC(C)=O)C(OC(C)=O)C2NC(C)=O)C(=O)NCCCC(=O)O)OC(COC(C)=O)C(OC(C)=O)C1OC(C)=O. The van der Waals surface area contributed by atoms with Gasteiger partial charge in [0.05, 0.1) is 0 Å². The molecule has 0 radical (unpaired) electrons. The number of hydrogen-bond acceptors (Lipinski definition) is 33. The summed E-state index contributed by atoms with van der Waals surface area (Å²) >= 11 is 0. The van der Waals surface area contributed by atoms with Gasteiger partial charge in [-0.1, -0.05) is 0 Å². The summed E-state index contributed by atoms with van der Waals surface area (Å²) in [6.07, 6.45) is -16.6. The summed E-state index contributed by atoms with van der Waals surface area (Å²) in [5, 5.41) is 27.7. The molecule has 0 saturated carbocycles. The van der Waals surface area contributed by atoms with Crippen LogP contribution in [-0.2, 0) is 157 Å². The number of rotatable bonds is 48. The smallest absolute Gasteiger partial charge is 0.303 e. The van der Waals surface area contributed by atoms with E-state index in [0.29, 0.717) is 0 Å². The molecule has 3 heterocycles. The summed E-state index contributed by atoms with van der Waals surface area (Å²) in [7, 11) is 0. The Balaban J connectivity index is 1.81. The maximum absolute atomic E-state index is 14.3. The zero-order valence-electron chi connectivity index (χ0n) is 65.1. The largest absolute Gasteiger partial charge is 0.481 e. The monoisotopic (exact) mass is 1600 g/mol. The van der Waals surface area contributed by atoms with Crippen molar-refractivity contribution in [2.45, 2.75) is 265 Å². The van der Waals surface area contributed by atoms with Gasteiger partial charge in [0.2, 0.25) is 47.3 Å². The van der Waals surface area contributed by atoms with Crippen molar-refractivity contribution in [1.29, 1.82) is 0 Å². The van der Waals surface area contributed by atoms with Gasteiger partial charge in [-0.15, -0.1) is 0 Å². The molecule has 632 valence electrons. The summed E-state index contributed by atoms with van der Waals surface area (Å²) in [6.45, 7) is 10.8. The van der Waals surface area contributed by atoms with Crippen molar-refractivity contribution < 1.29 is 162 Å². The maximum Gasteiger partial charge on any atom is 0.303 e. The Labute approximate surface area is 646 Å². The molecule has 0 aromatic rings. The van der Waals surface area contributed by atoms with E-state index in [4.69, 9.17) is 71.1 Å². The normalized spacial score (nSPS) is 23.3. The molecule has 42 nitrogen and oxygen atoms in total. The second kappa shape index (κ2) is 51.0. The molecule has 16 atom stereocenters. The van der Waals surface area contributed by atoms with Gasteiger partial charge in [0, 0.05) is 168 Å². The lowest BCUT2D eigenvalue weighted by molar-refractivity contribution is -0.277. The minimum absolute atomic E-state index is 0.00414. The van der Waals surface area contributed by atoms with Crippen LogP contribution in [0, 0.1) is 0 Å². The molecule has 3 rings (SSSR count). The number of aliphatic carboxylic acids is 1. The minimum Gasteiger partial charge on any atom is -0.481 e. The van der Waals surface area contributed by atoms with E-state index in [0.717, 1.165) is 69.2 Å². The van der Waals surface area contributed by atoms with E-state index in [1.807, 2.05) is 0 Å². The average Bonchev–Trinajstić information content (AvgIpc) is 0.798. The molecule has 8 N–H and O–H groups in total. The van der Waals surface area contributed by atoms with Crippen LogP contribution >= 0.6 is 0 Å². The molecule has 0 aromatic heterocycles. The summed E-state index contributed by atoms with van der Waals surface area (Å²) in [4.78, 5) is 227. The van der Waals surface area contributed by atoms with Crippen LogP contribution in [0.4, 0.5) is 0 Å². The van der Waals surface area contributed by atoms with Crippen molar-refractivity contribution in [3.63, 3.8) is 0 Å². The first kappa shape index (κ1) is 96.4. The molecule has 0 aliphatic carbocycles. The van der Waals surface area contributed by atoms with E-state index < -0.39 is 231 Å². The number of hydrogen-bond donors (Lipinski definition) is 8. The van der Waals surface area contributed by atoms with E-state index in [1.165, 1.54) is 18.7 Å². The van der Waals surface area contributed by atoms with Crippen molar-refractivity contribution in [3.8, 4) is 0 Å². The molecule has 3 aliphatic heterocycles. The van der Waals surface area contributed by atoms with Crippen LogP contribution in [0.15, 0.2) is 0 Å². The van der Waals surface area contributed by atoms with Crippen molar-refractivity contribution in [2.24, 2.45) is 0 Å². The first-order valence-electron chi connectivity index (χ1n) is 36.5. The molecular weight excluding hydrogens is 1500 g/mol. The number of carboxylic acids is 1. The van der Waals surface area contributed by atoms with Crippen molar-refractivity contribution in [1.82, 2.24) is 42.1 Å². The molecular formula is C70H108N8O34. The second-order valence-corrected chi connectivity index (χ2v) is 26.2. The highest BCUT2D eigenvalue weighted by Crippen LogP contribution is 2.32. The van der Waals surface area contributed by atoms with Gasteiger partial charge in [0.1, 0.15) is 62.3 Å². The summed E-state index contributed by atoms with van der Waals surface area (Å²) in [6, 6.07) is -5.14. The van der Waals surface area contributed by atoms with Crippen LogP contribution < -0.4 is 37.2 Å². The fourth-order valence-corrected chi connectivity index (χ4v) is 11.8. The molecule has 3 aliphatic rings. The Morgan fingerprint density at radius 3 is 0.964 bits per heavy atom. The number of nitrogens with zero attached hydrogens (tertiary/aromatic N) is 1. The third-order valence-electron chi connectivity index (χ3n) is 16.4. The Morgan fingerprint density at radius 1 is 0.357 bits per heavy atom. The van der Waals surface area contributed by atoms with Crippen LogP contribution in [0.3, 0.4) is 0 Å². The quantitative estimate of drug-likeness (QED) is 0.0182. The van der Waals surface area contributed by atoms with Gasteiger partial charge < -0.3 is 118 Å². The Kier molecular flexibility index (Phi) is 43.9. The average molecular weight is 1610 g/mol. The molecule has 112 heavy (non-hydrogen) atoms. The lowest BCUT2D eigenvalue weighted by Gasteiger charge is -2.44. The molecule has 42 heteroatoms. The van der Waals surface area contributed by atoms with E-state index in [-0.39, 0.29) is 130 Å². The number of nitrogens with one attached hydrogen (secondary N) is 7. The number of unbranched alkanes of at least 4 members (excludes halogenated alkanes) is 3. The van der Waals surface area contributed by atoms with E-state index >= 15 is 0 Å². The van der Waals surface area contributed by atoms with Crippen LogP contribution in [0.1, 0.15) is 167 Å². The maximum atomic E-state index is 14.3. The Bertz CT molecular complexity index is 3090. The zero-order chi connectivity index (χ0) is 83.7. The molecule has 0 spiro atoms. The van der Waals surface area contributed by atoms with Gasteiger partial charge in [-0.25, -0.2) is 0 Å². The van der Waals surface area contributed by atoms with Crippen molar-refractivity contribution in [2.75, 3.05) is 72.4 Å². The van der Waals surface area contributed by atoms with E-state index in [2.05, 4.69) is 37.2 Å². The highest BCUT2D eigenvalue weighted by atomic mass is 16.7. The van der Waals surface area contributed by atoms with Gasteiger partial charge in [-0.05, 0) is 51.4 Å². The van der Waals surface area contributed by atoms with Crippen molar-refractivity contribution >= 4 is 107 Å². The fourth-order valence-electron chi connectivity index (χ4n) is 11.8. The van der Waals surface area contributed by atoms with Gasteiger partial charge in [0.15, 0.2) is 55.5 Å². The van der Waals surface area contributed by atoms with Crippen LogP contribution in [0.2, 0.25) is 0 Å². The highest BCUT2D eigenvalue weighted by Gasteiger charge is 2.54. The topological polar surface area (TPSA) is 553 Å². The number of amides is 8. The minimum atomic E-state index is -1.40. The summed E-state index contributed by atoms with van der Waals surface area (Å²) in [5.74, 6) is -13.0. The van der Waals surface area contributed by atoms with Gasteiger partial charge in [0.25, 0.3) is 0 Å². The molecule has 3 fully saturated rings. The standard InChI is InChI=1S/C70H108N8O34/c1-37(79)74-58-64(107-46(10)88)61(104-43(7)85)50(34-101-40(4)82)110-68(58)98-31-16-13-20-53(91)71-27-29-78(30-28-72-54(92)21-14-17-32-99-69-59(75-38(2)80)65(108-47(11)89)62(105-44(8)86)51(111-69)35-102-41(5)83)56(94)25-24-49(67(97)73-26-19-23-57(95)96)77-55(93)22-15-18-33-100-70-60(76-39(3)81)66(109-48(12)90)63(106-45(9)87)52(112-70)36-103-42(6)84/h49-52,58-66,68-70H,13-36H2,1-12H3,(H,71,91)(H,72,92)(H,73,97)(H,74,79)(H,75,80)(H,76,81)(H,77,93)(H,95,96)/t49-,50?,51?,52?,58?,59?,60?,61?,62?,63?,64?,65?,66?,68?,69?,70?/m0/s1. The number of esters is 9. The number of ether oxygens (including phenoxy) is 15. The Morgan fingerprint density at radius 2 is 0.670 bits per heavy atom. The van der Waals surface area contributed by atoms with Crippen LogP contribution in [-0.4, -0.2) is 287 Å². The highest BCUT2D eigenvalue weighted by molar-refractivity contribution is 5.88. The second-order valence-electron chi connectivity index (χ2n) is 26.2. The van der Waals surface area contributed by atoms with Crippen LogP contribution in [0.5, 0.6) is 0 Å². The number of carboxylic acid groups (broad SMARTS) is 1. The first-order chi connectivity index (χ1) is 52.8. The summed E-state index contributed by atoms with van der Waals surface area (Å²) < 4.78 is 84.2. The predicted molar refractivity (Wildman–Crippen MR) is 375 cm³/mol. The fraction of sp³-hybridized carbons (Fsp3) is 0.743. The zero-order valence-corrected chi connectivity index (χ0v) is 65.1. The van der Waals surface area contributed by atoms with Gasteiger partial charge >= 0.3 is 59.7 Å². The lowest BCUT2D eigenvalue weighted by Crippen LogP contribution is -2.66. The number of carbonyl (C=O) groups is 18. The van der Waals surface area contributed by atoms with Crippen molar-refractivity contribution in [3.05, 3.63) is 0 Å². The van der Waals surface area contributed by atoms with E-state index in [9.17, 15) is 91.4 Å². The molecule has 8 amide bonds. The van der Waals surface area contributed by atoms with Gasteiger partial charge in [-0.3, -0.25) is 86.3 Å². The lowest BCUT2D eigenvalue weighted by atomic mass is 9.96. The predicted octanol–water partition coefficient (Wildman–Crippen LogP) is -2.18. The third-order valence-corrected chi connectivity index (χ3v) is 16.4. The molecule has 3 saturated heterocycles. The molecule has 0 bridgehead atoms. The first-order valence-corrected chi connectivity index (χ1v) is 36.5. The van der Waals surface area contributed by atoms with E-state index in [1.54, 1.807) is 0 Å². The summed E-state index contributed by atoms with van der Waals surface area (Å²) in [5.41, 5.74) is 0. The molecule has 0 aromatic carbocycles. The third kappa shape index (κ3) is 38.0. The Hall–Kier alpha value is -9.78. The van der Waals surface area contributed by atoms with Gasteiger partial charge in [-0.2, -0.15) is 0 Å². The molecule has 15 unspecified atom stereocenters.